The van der Waals surface area contributed by atoms with Crippen LogP contribution in [0.15, 0.2) is 84.0 Å². The van der Waals surface area contributed by atoms with E-state index >= 15 is 0 Å². The molecule has 0 saturated heterocycles. The minimum atomic E-state index is -0.283. The molecule has 0 radical (unpaired) electrons. The number of nitrogens with zero attached hydrogens (tertiary/aromatic N) is 2. The fourth-order valence-electron chi connectivity index (χ4n) is 3.28. The van der Waals surface area contributed by atoms with Crippen molar-refractivity contribution in [1.29, 1.82) is 0 Å². The lowest BCUT2D eigenvalue weighted by atomic mass is 10.0. The molecule has 1 aromatic heterocycles. The van der Waals surface area contributed by atoms with Gasteiger partial charge >= 0.3 is 0 Å². The molecule has 0 aliphatic heterocycles. The quantitative estimate of drug-likeness (QED) is 0.344. The van der Waals surface area contributed by atoms with Crippen LogP contribution in [0.25, 0.3) is 22.2 Å². The van der Waals surface area contributed by atoms with Gasteiger partial charge in [0, 0.05) is 10.9 Å². The number of ether oxygens (including phenoxy) is 1. The Morgan fingerprint density at radius 1 is 1.03 bits per heavy atom. The zero-order chi connectivity index (χ0) is 21.6. The van der Waals surface area contributed by atoms with E-state index in [1.54, 1.807) is 6.21 Å². The summed E-state index contributed by atoms with van der Waals surface area (Å²) in [7, 11) is 0. The van der Waals surface area contributed by atoms with Gasteiger partial charge < -0.3 is 4.74 Å². The van der Waals surface area contributed by atoms with E-state index in [-0.39, 0.29) is 5.91 Å². The van der Waals surface area contributed by atoms with Crippen LogP contribution in [0.1, 0.15) is 28.4 Å². The van der Waals surface area contributed by atoms with Gasteiger partial charge in [-0.3, -0.25) is 4.79 Å². The molecule has 154 valence electrons. The fourth-order valence-corrected chi connectivity index (χ4v) is 3.28. The van der Waals surface area contributed by atoms with Gasteiger partial charge in [-0.25, -0.2) is 10.4 Å². The van der Waals surface area contributed by atoms with Crippen molar-refractivity contribution < 1.29 is 9.53 Å². The van der Waals surface area contributed by atoms with Gasteiger partial charge in [-0.2, -0.15) is 5.10 Å². The van der Waals surface area contributed by atoms with Gasteiger partial charge in [0.15, 0.2) is 0 Å². The molecule has 0 spiro atoms. The largest absolute Gasteiger partial charge is 0.494 e. The van der Waals surface area contributed by atoms with Crippen LogP contribution >= 0.6 is 0 Å². The maximum Gasteiger partial charge on any atom is 0.272 e. The number of benzene rings is 3. The summed E-state index contributed by atoms with van der Waals surface area (Å²) in [5.74, 6) is 0.518. The first-order valence-electron chi connectivity index (χ1n) is 10.2. The van der Waals surface area contributed by atoms with Crippen LogP contribution in [-0.4, -0.2) is 23.7 Å². The zero-order valence-electron chi connectivity index (χ0n) is 17.5. The lowest BCUT2D eigenvalue weighted by Crippen LogP contribution is -2.18. The number of aromatic nitrogens is 1. The number of hydrogen-bond acceptors (Lipinski definition) is 4. The zero-order valence-corrected chi connectivity index (χ0v) is 17.5. The number of amides is 1. The van der Waals surface area contributed by atoms with Crippen LogP contribution in [0, 0.1) is 6.92 Å². The van der Waals surface area contributed by atoms with Crippen molar-refractivity contribution >= 4 is 23.0 Å². The number of carbonyl (C=O) groups is 1. The minimum absolute atomic E-state index is 0.283. The third-order valence-corrected chi connectivity index (χ3v) is 4.88. The van der Waals surface area contributed by atoms with Crippen LogP contribution in [0.2, 0.25) is 0 Å². The molecule has 1 N–H and O–H groups in total. The van der Waals surface area contributed by atoms with E-state index in [1.165, 1.54) is 5.56 Å². The van der Waals surface area contributed by atoms with Crippen molar-refractivity contribution in [3.05, 3.63) is 95.6 Å². The maximum atomic E-state index is 13.0. The second kappa shape index (κ2) is 9.22. The molecule has 0 fully saturated rings. The van der Waals surface area contributed by atoms with Crippen LogP contribution in [0.3, 0.4) is 0 Å². The Bertz CT molecular complexity index is 1230. The van der Waals surface area contributed by atoms with E-state index < -0.39 is 0 Å². The molecule has 0 bridgehead atoms. The second-order valence-electron chi connectivity index (χ2n) is 7.14. The first-order chi connectivity index (χ1) is 15.1. The lowest BCUT2D eigenvalue weighted by molar-refractivity contribution is 0.0956. The highest BCUT2D eigenvalue weighted by Gasteiger charge is 2.13. The number of aryl methyl sites for hydroxylation is 1. The number of carbonyl (C=O) groups excluding carboxylic acids is 1. The number of fused-ring (bicyclic) bond motifs is 1. The van der Waals surface area contributed by atoms with Crippen LogP contribution in [-0.2, 0) is 0 Å². The predicted octanol–water partition coefficient (Wildman–Crippen LogP) is 5.37. The van der Waals surface area contributed by atoms with Gasteiger partial charge in [0.2, 0.25) is 0 Å². The van der Waals surface area contributed by atoms with Gasteiger partial charge in [0.1, 0.15) is 5.75 Å². The summed E-state index contributed by atoms with van der Waals surface area (Å²) >= 11 is 0. The van der Waals surface area contributed by atoms with E-state index in [4.69, 9.17) is 9.72 Å². The minimum Gasteiger partial charge on any atom is -0.494 e. The Balaban J connectivity index is 1.60. The van der Waals surface area contributed by atoms with Gasteiger partial charge in [0.25, 0.3) is 5.91 Å². The third kappa shape index (κ3) is 4.78. The first-order valence-corrected chi connectivity index (χ1v) is 10.2. The Kier molecular flexibility index (Phi) is 6.03. The Morgan fingerprint density at radius 2 is 1.77 bits per heavy atom. The average molecular weight is 409 g/mol. The maximum absolute atomic E-state index is 13.0. The van der Waals surface area contributed by atoms with Crippen molar-refractivity contribution in [1.82, 2.24) is 10.4 Å². The molecule has 4 aromatic rings. The number of nitrogens with one attached hydrogen (secondary N) is 1. The number of hydrogen-bond donors (Lipinski definition) is 1. The van der Waals surface area contributed by atoms with Gasteiger partial charge in [-0.15, -0.1) is 0 Å². The van der Waals surface area contributed by atoms with Crippen molar-refractivity contribution in [3.63, 3.8) is 0 Å². The van der Waals surface area contributed by atoms with Gasteiger partial charge in [-0.05, 0) is 55.8 Å². The summed E-state index contributed by atoms with van der Waals surface area (Å²) in [6.45, 7) is 4.60. The van der Waals surface area contributed by atoms with Crippen molar-refractivity contribution in [2.24, 2.45) is 5.10 Å². The second-order valence-corrected chi connectivity index (χ2v) is 7.14. The monoisotopic (exact) mass is 409 g/mol. The highest BCUT2D eigenvalue weighted by atomic mass is 16.5. The molecule has 1 amide bonds. The molecule has 1 heterocycles. The molecule has 0 aliphatic carbocycles. The summed E-state index contributed by atoms with van der Waals surface area (Å²) < 4.78 is 5.44. The predicted molar refractivity (Wildman–Crippen MR) is 125 cm³/mol. The number of rotatable bonds is 6. The highest BCUT2D eigenvalue weighted by Crippen LogP contribution is 2.25. The Labute approximate surface area is 181 Å². The smallest absolute Gasteiger partial charge is 0.272 e. The topological polar surface area (TPSA) is 63.6 Å². The molecule has 0 atom stereocenters. The van der Waals surface area contributed by atoms with E-state index in [2.05, 4.69) is 10.5 Å². The molecule has 0 unspecified atom stereocenters. The molecule has 3 aromatic carbocycles. The Morgan fingerprint density at radius 3 is 2.52 bits per heavy atom. The normalized spacial score (nSPS) is 11.0. The summed E-state index contributed by atoms with van der Waals surface area (Å²) in [5.41, 5.74) is 7.68. The highest BCUT2D eigenvalue weighted by molar-refractivity contribution is 6.07. The molecule has 0 aliphatic rings. The molecule has 31 heavy (non-hydrogen) atoms. The molecule has 5 heteroatoms. The van der Waals surface area contributed by atoms with Crippen LogP contribution < -0.4 is 10.2 Å². The average Bonchev–Trinajstić information content (AvgIpc) is 2.80. The summed E-state index contributed by atoms with van der Waals surface area (Å²) in [6, 6.07) is 25.0. The van der Waals surface area contributed by atoms with E-state index in [1.807, 2.05) is 92.7 Å². The van der Waals surface area contributed by atoms with E-state index in [9.17, 15) is 4.79 Å². The van der Waals surface area contributed by atoms with Crippen LogP contribution in [0.5, 0.6) is 5.75 Å². The molecule has 0 saturated carbocycles. The Hall–Kier alpha value is -3.99. The van der Waals surface area contributed by atoms with Crippen molar-refractivity contribution in [2.45, 2.75) is 13.8 Å². The first kappa shape index (κ1) is 20.3. The van der Waals surface area contributed by atoms with E-state index in [0.29, 0.717) is 12.2 Å². The van der Waals surface area contributed by atoms with Gasteiger partial charge in [-0.1, -0.05) is 48.0 Å². The van der Waals surface area contributed by atoms with Crippen molar-refractivity contribution in [2.75, 3.05) is 6.61 Å². The SMILES string of the molecule is CCOc1ccc(/C=N\NC(=O)c2cc(-c3ccc(C)cc3)nc3ccccc23)cc1. The summed E-state index contributed by atoms with van der Waals surface area (Å²) in [5, 5.41) is 4.91. The number of para-hydroxylation sites is 1. The van der Waals surface area contributed by atoms with E-state index in [0.717, 1.165) is 33.5 Å². The summed E-state index contributed by atoms with van der Waals surface area (Å²) in [4.78, 5) is 17.7. The standard InChI is InChI=1S/C26H23N3O2/c1-3-31-21-14-10-19(11-15-21)17-27-29-26(30)23-16-25(20-12-8-18(2)9-13-20)28-24-7-5-4-6-22(23)24/h4-17H,3H2,1-2H3,(H,29,30)/b27-17-. The van der Waals surface area contributed by atoms with Crippen LogP contribution in [0.4, 0.5) is 0 Å². The summed E-state index contributed by atoms with van der Waals surface area (Å²) in [6.07, 6.45) is 1.61. The molecular weight excluding hydrogens is 386 g/mol. The van der Waals surface area contributed by atoms with Gasteiger partial charge in [0.05, 0.1) is 29.6 Å². The molecular formula is C26H23N3O2. The fraction of sp³-hybridized carbons (Fsp3) is 0.115. The van der Waals surface area contributed by atoms with Crippen molar-refractivity contribution in [3.8, 4) is 17.0 Å². The number of pyridine rings is 1. The third-order valence-electron chi connectivity index (χ3n) is 4.88. The lowest BCUT2D eigenvalue weighted by Gasteiger charge is -2.09. The molecule has 4 rings (SSSR count). The number of hydrazone groups is 1. The molecule has 5 nitrogen and oxygen atoms in total.